The number of hydrogen-bond acceptors (Lipinski definition) is 4. The molecule has 0 radical (unpaired) electrons. The first-order valence-electron chi connectivity index (χ1n) is 5.80. The van der Waals surface area contributed by atoms with Crippen molar-refractivity contribution in [3.8, 4) is 0 Å². The second-order valence-electron chi connectivity index (χ2n) is 4.81. The first-order chi connectivity index (χ1) is 8.45. The summed E-state index contributed by atoms with van der Waals surface area (Å²) in [6.07, 6.45) is 1.69. The number of hydrogen-bond donors (Lipinski definition) is 1. The molecule has 0 aromatic carbocycles. The molecule has 2 heterocycles. The molecule has 0 spiro atoms. The van der Waals surface area contributed by atoms with Crippen LogP contribution in [-0.2, 0) is 11.3 Å². The summed E-state index contributed by atoms with van der Waals surface area (Å²) in [5, 5.41) is 4.23. The van der Waals surface area contributed by atoms with Crippen molar-refractivity contribution in [2.75, 3.05) is 7.11 Å². The Labute approximate surface area is 105 Å². The molecule has 0 amide bonds. The number of aromatic nitrogens is 3. The number of rotatable bonds is 4. The van der Waals surface area contributed by atoms with Crippen molar-refractivity contribution in [2.45, 2.75) is 32.0 Å². The third-order valence-electron chi connectivity index (χ3n) is 3.28. The summed E-state index contributed by atoms with van der Waals surface area (Å²) >= 11 is 0. The van der Waals surface area contributed by atoms with E-state index in [0.717, 1.165) is 0 Å². The number of methoxy groups -OCH3 is 1. The van der Waals surface area contributed by atoms with Gasteiger partial charge in [-0.15, -0.1) is 5.10 Å². The van der Waals surface area contributed by atoms with Crippen molar-refractivity contribution in [1.82, 2.24) is 14.2 Å². The zero-order valence-electron chi connectivity index (χ0n) is 10.8. The summed E-state index contributed by atoms with van der Waals surface area (Å²) in [7, 11) is 1.60. The Bertz CT molecular complexity index is 599. The highest BCUT2D eigenvalue weighted by Crippen LogP contribution is 2.12. The lowest BCUT2D eigenvalue weighted by Crippen LogP contribution is -2.48. The van der Waals surface area contributed by atoms with E-state index in [-0.39, 0.29) is 11.7 Å². The molecule has 0 aliphatic heterocycles. The minimum Gasteiger partial charge on any atom is -0.377 e. The average Bonchev–Trinajstić information content (AvgIpc) is 2.67. The van der Waals surface area contributed by atoms with Crippen LogP contribution < -0.4 is 11.4 Å². The summed E-state index contributed by atoms with van der Waals surface area (Å²) in [6.45, 7) is 4.10. The molecule has 6 heteroatoms. The Morgan fingerprint density at radius 3 is 2.83 bits per heavy atom. The second-order valence-corrected chi connectivity index (χ2v) is 4.81. The third-order valence-corrected chi connectivity index (χ3v) is 3.28. The van der Waals surface area contributed by atoms with Crippen LogP contribution in [0.15, 0.2) is 29.2 Å². The van der Waals surface area contributed by atoms with Crippen molar-refractivity contribution in [1.29, 1.82) is 0 Å². The molecule has 2 aromatic rings. The van der Waals surface area contributed by atoms with E-state index in [1.54, 1.807) is 25.4 Å². The van der Waals surface area contributed by atoms with E-state index in [1.807, 2.05) is 19.9 Å². The van der Waals surface area contributed by atoms with Gasteiger partial charge in [0.15, 0.2) is 5.65 Å². The fourth-order valence-corrected chi connectivity index (χ4v) is 1.64. The molecule has 0 saturated heterocycles. The van der Waals surface area contributed by atoms with Crippen molar-refractivity contribution >= 4 is 5.65 Å². The summed E-state index contributed by atoms with van der Waals surface area (Å²) in [4.78, 5) is 12.0. The van der Waals surface area contributed by atoms with Gasteiger partial charge in [-0.2, -0.15) is 0 Å². The third kappa shape index (κ3) is 2.16. The van der Waals surface area contributed by atoms with Gasteiger partial charge in [-0.05, 0) is 26.0 Å². The maximum Gasteiger partial charge on any atom is 0.350 e. The molecule has 18 heavy (non-hydrogen) atoms. The van der Waals surface area contributed by atoms with Crippen LogP contribution in [0.2, 0.25) is 0 Å². The van der Waals surface area contributed by atoms with Gasteiger partial charge in [0, 0.05) is 13.3 Å². The molecule has 98 valence electrons. The average molecular weight is 250 g/mol. The smallest absolute Gasteiger partial charge is 0.350 e. The lowest BCUT2D eigenvalue weighted by Gasteiger charge is -2.29. The largest absolute Gasteiger partial charge is 0.377 e. The summed E-state index contributed by atoms with van der Waals surface area (Å²) in [6, 6.07) is 5.10. The van der Waals surface area contributed by atoms with Crippen LogP contribution in [0.3, 0.4) is 0 Å². The number of nitrogens with two attached hydrogens (primary N) is 1. The molecule has 0 bridgehead atoms. The fraction of sp³-hybridized carbons (Fsp3) is 0.500. The van der Waals surface area contributed by atoms with Crippen LogP contribution in [-0.4, -0.2) is 32.9 Å². The zero-order chi connectivity index (χ0) is 13.3. The van der Waals surface area contributed by atoms with Gasteiger partial charge < -0.3 is 10.5 Å². The van der Waals surface area contributed by atoms with Crippen LogP contribution in [0.25, 0.3) is 5.65 Å². The Morgan fingerprint density at radius 2 is 2.22 bits per heavy atom. The van der Waals surface area contributed by atoms with E-state index < -0.39 is 5.60 Å². The molecular weight excluding hydrogens is 232 g/mol. The van der Waals surface area contributed by atoms with Crippen LogP contribution in [0.1, 0.15) is 13.8 Å². The van der Waals surface area contributed by atoms with Gasteiger partial charge in [0.1, 0.15) is 0 Å². The molecular formula is C12H18N4O2. The van der Waals surface area contributed by atoms with Gasteiger partial charge in [0.25, 0.3) is 0 Å². The lowest BCUT2D eigenvalue weighted by atomic mass is 10.00. The van der Waals surface area contributed by atoms with Crippen LogP contribution in [0.5, 0.6) is 0 Å². The van der Waals surface area contributed by atoms with Gasteiger partial charge in [-0.25, -0.2) is 9.48 Å². The van der Waals surface area contributed by atoms with Crippen LogP contribution >= 0.6 is 0 Å². The lowest BCUT2D eigenvalue weighted by molar-refractivity contribution is -0.00469. The molecule has 6 nitrogen and oxygen atoms in total. The van der Waals surface area contributed by atoms with Gasteiger partial charge in [0.05, 0.1) is 18.2 Å². The van der Waals surface area contributed by atoms with Crippen LogP contribution in [0, 0.1) is 0 Å². The predicted octanol–water partition coefficient (Wildman–Crippen LogP) is 0.248. The van der Waals surface area contributed by atoms with Gasteiger partial charge >= 0.3 is 5.69 Å². The minimum atomic E-state index is -0.505. The normalized spacial score (nSPS) is 14.0. The Balaban J connectivity index is 2.33. The number of fused-ring (bicyclic) bond motifs is 1. The van der Waals surface area contributed by atoms with E-state index in [9.17, 15) is 4.79 Å². The van der Waals surface area contributed by atoms with E-state index in [2.05, 4.69) is 5.10 Å². The number of pyridine rings is 1. The molecule has 0 saturated carbocycles. The molecule has 0 aliphatic rings. The number of ether oxygens (including phenoxy) is 1. The highest BCUT2D eigenvalue weighted by atomic mass is 16.5. The topological polar surface area (TPSA) is 74.6 Å². The van der Waals surface area contributed by atoms with Crippen LogP contribution in [0.4, 0.5) is 0 Å². The van der Waals surface area contributed by atoms with Crippen molar-refractivity contribution in [3.63, 3.8) is 0 Å². The molecule has 0 aliphatic carbocycles. The molecule has 1 atom stereocenters. The summed E-state index contributed by atoms with van der Waals surface area (Å²) < 4.78 is 8.18. The molecule has 2 N–H and O–H groups in total. The predicted molar refractivity (Wildman–Crippen MR) is 68.5 cm³/mol. The number of nitrogens with zero attached hydrogens (tertiary/aromatic N) is 3. The molecule has 1 unspecified atom stereocenters. The maximum atomic E-state index is 12.0. The molecule has 2 rings (SSSR count). The SMILES string of the molecule is COC(C)(C)C(N)Cn1nc2ccccn2c1=O. The van der Waals surface area contributed by atoms with E-state index >= 15 is 0 Å². The van der Waals surface area contributed by atoms with E-state index in [4.69, 9.17) is 10.5 Å². The van der Waals surface area contributed by atoms with Gasteiger partial charge in [-0.1, -0.05) is 6.07 Å². The van der Waals surface area contributed by atoms with Crippen molar-refractivity contribution < 1.29 is 4.74 Å². The van der Waals surface area contributed by atoms with Gasteiger partial charge in [-0.3, -0.25) is 4.40 Å². The molecule has 0 fully saturated rings. The Hall–Kier alpha value is -1.66. The first-order valence-corrected chi connectivity index (χ1v) is 5.80. The van der Waals surface area contributed by atoms with Crippen molar-refractivity contribution in [3.05, 3.63) is 34.9 Å². The van der Waals surface area contributed by atoms with Gasteiger partial charge in [0.2, 0.25) is 0 Å². The van der Waals surface area contributed by atoms with E-state index in [0.29, 0.717) is 12.2 Å². The highest BCUT2D eigenvalue weighted by molar-refractivity contribution is 5.35. The first kappa shape index (κ1) is 12.8. The monoisotopic (exact) mass is 250 g/mol. The zero-order valence-corrected chi connectivity index (χ0v) is 10.8. The summed E-state index contributed by atoms with van der Waals surface area (Å²) in [5.41, 5.74) is 5.97. The fourth-order valence-electron chi connectivity index (χ4n) is 1.64. The maximum absolute atomic E-state index is 12.0. The minimum absolute atomic E-state index is 0.187. The Morgan fingerprint density at radius 1 is 1.50 bits per heavy atom. The molecule has 2 aromatic heterocycles. The standard InChI is InChI=1S/C12H18N4O2/c1-12(2,18-3)9(13)8-16-11(17)15-7-5-4-6-10(15)14-16/h4-7,9H,8,13H2,1-3H3. The highest BCUT2D eigenvalue weighted by Gasteiger charge is 2.27. The summed E-state index contributed by atoms with van der Waals surface area (Å²) in [5.74, 6) is 0. The second kappa shape index (κ2) is 4.55. The van der Waals surface area contributed by atoms with Crippen molar-refractivity contribution in [2.24, 2.45) is 5.73 Å². The Kier molecular flexibility index (Phi) is 3.23. The quantitative estimate of drug-likeness (QED) is 0.844. The van der Waals surface area contributed by atoms with E-state index in [1.165, 1.54) is 9.08 Å².